The van der Waals surface area contributed by atoms with Gasteiger partial charge in [-0.25, -0.2) is 9.69 Å². The van der Waals surface area contributed by atoms with Gasteiger partial charge in [-0.15, -0.1) is 0 Å². The van der Waals surface area contributed by atoms with Gasteiger partial charge in [-0.3, -0.25) is 14.4 Å². The Kier molecular flexibility index (Phi) is 5.41. The average molecular weight is 534 g/mol. The largest absolute Gasteiger partial charge is 0.452 e. The highest BCUT2D eigenvalue weighted by molar-refractivity contribution is 6.25. The number of nitrogens with zero attached hydrogens (tertiary/aromatic N) is 2. The Labute approximate surface area is 228 Å². The molecule has 198 valence electrons. The highest BCUT2D eigenvalue weighted by Gasteiger charge is 2.62. The molecular weight excluding hydrogens is 510 g/mol. The lowest BCUT2D eigenvalue weighted by Crippen LogP contribution is -2.41. The third-order valence-corrected chi connectivity index (χ3v) is 8.04. The molecule has 3 amide bonds. The van der Waals surface area contributed by atoms with Crippen molar-refractivity contribution in [2.45, 2.75) is 18.8 Å². The number of amides is 3. The highest BCUT2D eigenvalue weighted by atomic mass is 16.5. The zero-order valence-corrected chi connectivity index (χ0v) is 21.4. The van der Waals surface area contributed by atoms with Crippen molar-refractivity contribution in [1.29, 1.82) is 0 Å². The van der Waals surface area contributed by atoms with E-state index in [4.69, 9.17) is 9.26 Å². The van der Waals surface area contributed by atoms with Gasteiger partial charge in [0.2, 0.25) is 11.8 Å². The molecule has 1 saturated heterocycles. The Morgan fingerprint density at radius 2 is 1.38 bits per heavy atom. The number of imide groups is 1. The number of carbonyl (C=O) groups is 4. The molecule has 0 radical (unpaired) electrons. The van der Waals surface area contributed by atoms with Crippen LogP contribution in [0.25, 0.3) is 0 Å². The first-order valence-electron chi connectivity index (χ1n) is 13.0. The molecule has 2 bridgehead atoms. The third kappa shape index (κ3) is 3.51. The minimum atomic E-state index is -0.827. The van der Waals surface area contributed by atoms with Crippen LogP contribution in [0.2, 0.25) is 0 Å². The van der Waals surface area contributed by atoms with Crippen LogP contribution in [0, 0.1) is 18.8 Å². The molecule has 4 aliphatic rings. The Morgan fingerprint density at radius 1 is 0.850 bits per heavy atom. The van der Waals surface area contributed by atoms with Crippen molar-refractivity contribution in [3.05, 3.63) is 112 Å². The van der Waals surface area contributed by atoms with E-state index in [2.05, 4.69) is 10.5 Å². The molecule has 1 aliphatic heterocycles. The van der Waals surface area contributed by atoms with E-state index in [1.807, 2.05) is 48.5 Å². The second-order valence-electron chi connectivity index (χ2n) is 10.2. The molecule has 2 heterocycles. The summed E-state index contributed by atoms with van der Waals surface area (Å²) in [4.78, 5) is 54.7. The van der Waals surface area contributed by atoms with Gasteiger partial charge in [0.05, 0.1) is 23.1 Å². The Morgan fingerprint density at radius 3 is 1.90 bits per heavy atom. The SMILES string of the molecule is Cc1cc(NC(=O)COC(=O)c2ccccc2N2C(=O)[C@@H]3C4c5ccccc5C(c5ccccc54)[C@@H]3C2=O)no1. The maximum atomic E-state index is 14.1. The summed E-state index contributed by atoms with van der Waals surface area (Å²) < 4.78 is 10.2. The topological polar surface area (TPSA) is 119 Å². The molecule has 1 N–H and O–H groups in total. The average Bonchev–Trinajstić information content (AvgIpc) is 3.50. The number of aromatic nitrogens is 1. The summed E-state index contributed by atoms with van der Waals surface area (Å²) in [6.45, 7) is 1.10. The number of nitrogens with one attached hydrogen (secondary N) is 1. The first kappa shape index (κ1) is 24.0. The van der Waals surface area contributed by atoms with Crippen LogP contribution in [0.5, 0.6) is 0 Å². The fraction of sp³-hybridized carbons (Fsp3) is 0.194. The van der Waals surface area contributed by atoms with Gasteiger partial charge >= 0.3 is 5.97 Å². The summed E-state index contributed by atoms with van der Waals surface area (Å²) in [6.07, 6.45) is 0. The van der Waals surface area contributed by atoms with Crippen LogP contribution in [0.15, 0.2) is 83.4 Å². The quantitative estimate of drug-likeness (QED) is 0.302. The van der Waals surface area contributed by atoms with Crippen LogP contribution < -0.4 is 10.2 Å². The number of anilines is 2. The van der Waals surface area contributed by atoms with E-state index < -0.39 is 30.3 Å². The van der Waals surface area contributed by atoms with Crippen LogP contribution in [-0.4, -0.2) is 35.5 Å². The molecule has 9 heteroatoms. The number of benzene rings is 3. The third-order valence-electron chi connectivity index (χ3n) is 8.04. The van der Waals surface area contributed by atoms with Crippen LogP contribution in [0.4, 0.5) is 11.5 Å². The second-order valence-corrected chi connectivity index (χ2v) is 10.2. The molecule has 40 heavy (non-hydrogen) atoms. The lowest BCUT2D eigenvalue weighted by molar-refractivity contribution is -0.122. The molecule has 2 atom stereocenters. The van der Waals surface area contributed by atoms with Gasteiger partial charge in [-0.2, -0.15) is 0 Å². The first-order chi connectivity index (χ1) is 19.4. The molecule has 0 saturated carbocycles. The predicted molar refractivity (Wildman–Crippen MR) is 143 cm³/mol. The van der Waals surface area contributed by atoms with Gasteiger partial charge in [-0.1, -0.05) is 65.8 Å². The van der Waals surface area contributed by atoms with Gasteiger partial charge in [0.1, 0.15) is 5.76 Å². The summed E-state index contributed by atoms with van der Waals surface area (Å²) in [7, 11) is 0. The summed E-state index contributed by atoms with van der Waals surface area (Å²) in [5, 5.41) is 6.16. The van der Waals surface area contributed by atoms with Crippen LogP contribution in [0.3, 0.4) is 0 Å². The smallest absolute Gasteiger partial charge is 0.340 e. The predicted octanol–water partition coefficient (Wildman–Crippen LogP) is 4.18. The minimum Gasteiger partial charge on any atom is -0.452 e. The van der Waals surface area contributed by atoms with Gasteiger partial charge in [-0.05, 0) is 41.3 Å². The van der Waals surface area contributed by atoms with Crippen molar-refractivity contribution in [2.24, 2.45) is 11.8 Å². The van der Waals surface area contributed by atoms with Crippen LogP contribution in [0.1, 0.15) is 50.2 Å². The van der Waals surface area contributed by atoms with Crippen molar-refractivity contribution in [3.8, 4) is 0 Å². The fourth-order valence-electron chi connectivity index (χ4n) is 6.57. The first-order valence-corrected chi connectivity index (χ1v) is 13.0. The molecule has 0 spiro atoms. The van der Waals surface area contributed by atoms with Crippen molar-refractivity contribution < 1.29 is 28.4 Å². The van der Waals surface area contributed by atoms with Gasteiger partial charge in [0, 0.05) is 17.9 Å². The standard InChI is InChI=1S/C31H23N3O6/c1-16-14-23(33-40-16)32-24(35)15-39-31(38)21-12-6-7-13-22(21)34-29(36)27-25-17-8-2-3-9-18(17)26(28(27)30(34)37)20-11-5-4-10-19(20)25/h2-14,25-28H,15H2,1H3,(H,32,33,35)/t25?,26?,27-,28+. The summed E-state index contributed by atoms with van der Waals surface area (Å²) >= 11 is 0. The van der Waals surface area contributed by atoms with Crippen molar-refractivity contribution in [2.75, 3.05) is 16.8 Å². The van der Waals surface area contributed by atoms with E-state index >= 15 is 0 Å². The number of aryl methyl sites for hydroxylation is 1. The maximum absolute atomic E-state index is 14.1. The van der Waals surface area contributed by atoms with Crippen molar-refractivity contribution >= 4 is 35.2 Å². The molecule has 4 aromatic rings. The number of hydrogen-bond acceptors (Lipinski definition) is 7. The lowest BCUT2D eigenvalue weighted by Gasteiger charge is -2.45. The number of esters is 1. The normalized spacial score (nSPS) is 22.0. The van der Waals surface area contributed by atoms with E-state index in [9.17, 15) is 19.2 Å². The number of para-hydroxylation sites is 1. The van der Waals surface area contributed by atoms with E-state index in [-0.39, 0.29) is 40.7 Å². The summed E-state index contributed by atoms with van der Waals surface area (Å²) in [5.41, 5.74) is 4.44. The zero-order chi connectivity index (χ0) is 27.5. The lowest BCUT2D eigenvalue weighted by atomic mass is 9.55. The number of rotatable bonds is 5. The zero-order valence-electron chi connectivity index (χ0n) is 21.4. The van der Waals surface area contributed by atoms with Gasteiger partial charge in [0.15, 0.2) is 12.4 Å². The Balaban J connectivity index is 1.19. The number of carbonyl (C=O) groups excluding carboxylic acids is 4. The fourth-order valence-corrected chi connectivity index (χ4v) is 6.57. The molecule has 3 aromatic carbocycles. The van der Waals surface area contributed by atoms with E-state index in [0.29, 0.717) is 5.76 Å². The van der Waals surface area contributed by atoms with Gasteiger partial charge < -0.3 is 14.6 Å². The monoisotopic (exact) mass is 533 g/mol. The molecule has 8 rings (SSSR count). The van der Waals surface area contributed by atoms with E-state index in [1.54, 1.807) is 25.1 Å². The Hall–Kier alpha value is -5.05. The van der Waals surface area contributed by atoms with Gasteiger partial charge in [0.25, 0.3) is 5.91 Å². The molecular formula is C31H23N3O6. The second kappa shape index (κ2) is 9.01. The minimum absolute atomic E-state index is 0.0234. The number of ether oxygens (including phenoxy) is 1. The Bertz CT molecular complexity index is 1610. The summed E-state index contributed by atoms with van der Waals surface area (Å²) in [6, 6.07) is 23.8. The number of hydrogen-bond donors (Lipinski definition) is 1. The van der Waals surface area contributed by atoms with E-state index in [1.165, 1.54) is 12.1 Å². The summed E-state index contributed by atoms with van der Waals surface area (Å²) in [5.74, 6) is -3.07. The molecule has 1 fully saturated rings. The highest BCUT2D eigenvalue weighted by Crippen LogP contribution is 2.61. The van der Waals surface area contributed by atoms with E-state index in [0.717, 1.165) is 27.2 Å². The van der Waals surface area contributed by atoms with Crippen LogP contribution in [-0.2, 0) is 19.1 Å². The van der Waals surface area contributed by atoms with Crippen molar-refractivity contribution in [1.82, 2.24) is 5.16 Å². The molecule has 0 unspecified atom stereocenters. The van der Waals surface area contributed by atoms with Crippen LogP contribution >= 0.6 is 0 Å². The molecule has 3 aliphatic carbocycles. The maximum Gasteiger partial charge on any atom is 0.340 e. The molecule has 1 aromatic heterocycles. The van der Waals surface area contributed by atoms with Crippen molar-refractivity contribution in [3.63, 3.8) is 0 Å². The molecule has 9 nitrogen and oxygen atoms in total.